The topological polar surface area (TPSA) is 65.4 Å². The Morgan fingerprint density at radius 3 is 2.50 bits per heavy atom. The van der Waals surface area contributed by atoms with Crippen molar-refractivity contribution in [2.45, 2.75) is 6.61 Å². The average molecular weight is 371 g/mol. The van der Waals surface area contributed by atoms with Crippen LogP contribution in [-0.4, -0.2) is 20.0 Å². The van der Waals surface area contributed by atoms with Crippen molar-refractivity contribution in [1.29, 1.82) is 5.26 Å². The lowest BCUT2D eigenvalue weighted by molar-refractivity contribution is 0.102. The van der Waals surface area contributed by atoms with Gasteiger partial charge >= 0.3 is 0 Å². The molecular formula is C23H21N3O2. The summed E-state index contributed by atoms with van der Waals surface area (Å²) in [5.74, 6) is 0.465. The van der Waals surface area contributed by atoms with Crippen LogP contribution in [0.5, 0.6) is 5.75 Å². The van der Waals surface area contributed by atoms with Gasteiger partial charge in [-0.15, -0.1) is 0 Å². The number of nitrogens with zero attached hydrogens (tertiary/aromatic N) is 2. The van der Waals surface area contributed by atoms with E-state index in [1.165, 1.54) is 0 Å². The maximum absolute atomic E-state index is 12.5. The molecule has 0 aromatic heterocycles. The van der Waals surface area contributed by atoms with Crippen molar-refractivity contribution in [1.82, 2.24) is 0 Å². The van der Waals surface area contributed by atoms with E-state index in [0.29, 0.717) is 29.2 Å². The molecule has 3 rings (SSSR count). The molecule has 140 valence electrons. The first kappa shape index (κ1) is 19.0. The molecule has 5 heteroatoms. The molecule has 0 fully saturated rings. The predicted molar refractivity (Wildman–Crippen MR) is 111 cm³/mol. The van der Waals surface area contributed by atoms with Gasteiger partial charge in [0, 0.05) is 37.1 Å². The van der Waals surface area contributed by atoms with E-state index >= 15 is 0 Å². The van der Waals surface area contributed by atoms with Crippen molar-refractivity contribution in [3.63, 3.8) is 0 Å². The van der Waals surface area contributed by atoms with Gasteiger partial charge in [-0.2, -0.15) is 5.26 Å². The SMILES string of the molecule is CN(C)c1ccc(C(=O)Nc2cccc(OCc3cccc(C#N)c3)c2)cc1. The Morgan fingerprint density at radius 1 is 1.04 bits per heavy atom. The van der Waals surface area contributed by atoms with Crippen molar-refractivity contribution >= 4 is 17.3 Å². The fourth-order valence-electron chi connectivity index (χ4n) is 2.68. The van der Waals surface area contributed by atoms with Gasteiger partial charge < -0.3 is 15.0 Å². The minimum absolute atomic E-state index is 0.177. The number of carbonyl (C=O) groups excluding carboxylic acids is 1. The number of hydrogen-bond acceptors (Lipinski definition) is 4. The maximum atomic E-state index is 12.5. The van der Waals surface area contributed by atoms with E-state index in [9.17, 15) is 4.79 Å². The van der Waals surface area contributed by atoms with Crippen LogP contribution in [0.3, 0.4) is 0 Å². The molecule has 0 saturated heterocycles. The van der Waals surface area contributed by atoms with Crippen LogP contribution in [0, 0.1) is 11.3 Å². The highest BCUT2D eigenvalue weighted by Crippen LogP contribution is 2.20. The molecule has 0 aliphatic carbocycles. The van der Waals surface area contributed by atoms with Crippen LogP contribution in [0.4, 0.5) is 11.4 Å². The van der Waals surface area contributed by atoms with Gasteiger partial charge in [-0.25, -0.2) is 0 Å². The van der Waals surface area contributed by atoms with E-state index in [-0.39, 0.29) is 5.91 Å². The molecule has 3 aromatic carbocycles. The van der Waals surface area contributed by atoms with Crippen molar-refractivity contribution in [3.8, 4) is 11.8 Å². The first-order valence-corrected chi connectivity index (χ1v) is 8.86. The molecule has 0 aliphatic rings. The van der Waals surface area contributed by atoms with Gasteiger partial charge in [0.1, 0.15) is 12.4 Å². The van der Waals surface area contributed by atoms with E-state index in [0.717, 1.165) is 11.3 Å². The summed E-state index contributed by atoms with van der Waals surface area (Å²) < 4.78 is 5.80. The summed E-state index contributed by atoms with van der Waals surface area (Å²) in [5.41, 5.74) is 3.79. The molecule has 0 heterocycles. The number of rotatable bonds is 6. The third kappa shape index (κ3) is 4.89. The molecule has 0 unspecified atom stereocenters. The molecule has 5 nitrogen and oxygen atoms in total. The third-order valence-corrected chi connectivity index (χ3v) is 4.20. The molecule has 3 aromatic rings. The fourth-order valence-corrected chi connectivity index (χ4v) is 2.68. The zero-order valence-electron chi connectivity index (χ0n) is 15.8. The standard InChI is InChI=1S/C23H21N3O2/c1-26(2)21-11-9-19(10-12-21)23(27)25-20-7-4-8-22(14-20)28-16-18-6-3-5-17(13-18)15-24/h3-14H,16H2,1-2H3,(H,25,27). The molecular weight excluding hydrogens is 350 g/mol. The first-order chi connectivity index (χ1) is 13.5. The monoisotopic (exact) mass is 371 g/mol. The Kier molecular flexibility index (Phi) is 5.93. The number of amides is 1. The second-order valence-corrected chi connectivity index (χ2v) is 6.52. The number of ether oxygens (including phenoxy) is 1. The van der Waals surface area contributed by atoms with Crippen LogP contribution in [0.25, 0.3) is 0 Å². The maximum Gasteiger partial charge on any atom is 0.255 e. The number of hydrogen-bond donors (Lipinski definition) is 1. The Balaban J connectivity index is 1.64. The van der Waals surface area contributed by atoms with Gasteiger partial charge in [0.05, 0.1) is 11.6 Å². The Bertz CT molecular complexity index is 1000. The van der Waals surface area contributed by atoms with Gasteiger partial charge in [-0.1, -0.05) is 18.2 Å². The van der Waals surface area contributed by atoms with Gasteiger partial charge in [0.2, 0.25) is 0 Å². The molecule has 28 heavy (non-hydrogen) atoms. The Hall–Kier alpha value is -3.78. The Morgan fingerprint density at radius 2 is 1.79 bits per heavy atom. The second-order valence-electron chi connectivity index (χ2n) is 6.52. The van der Waals surface area contributed by atoms with Gasteiger partial charge in [-0.05, 0) is 54.1 Å². The predicted octanol–water partition coefficient (Wildman–Crippen LogP) is 4.46. The van der Waals surface area contributed by atoms with Crippen molar-refractivity contribution < 1.29 is 9.53 Å². The van der Waals surface area contributed by atoms with Crippen LogP contribution in [0.1, 0.15) is 21.5 Å². The molecule has 0 aliphatic heterocycles. The number of anilines is 2. The molecule has 0 saturated carbocycles. The minimum atomic E-state index is -0.177. The summed E-state index contributed by atoms with van der Waals surface area (Å²) in [7, 11) is 3.91. The fraction of sp³-hybridized carbons (Fsp3) is 0.130. The smallest absolute Gasteiger partial charge is 0.255 e. The van der Waals surface area contributed by atoms with Crippen molar-refractivity contribution in [2.75, 3.05) is 24.3 Å². The lowest BCUT2D eigenvalue weighted by Crippen LogP contribution is -2.13. The molecule has 1 amide bonds. The highest BCUT2D eigenvalue weighted by atomic mass is 16.5. The van der Waals surface area contributed by atoms with E-state index < -0.39 is 0 Å². The van der Waals surface area contributed by atoms with E-state index in [2.05, 4.69) is 11.4 Å². The van der Waals surface area contributed by atoms with E-state index in [4.69, 9.17) is 10.00 Å². The van der Waals surface area contributed by atoms with Gasteiger partial charge in [-0.3, -0.25) is 4.79 Å². The third-order valence-electron chi connectivity index (χ3n) is 4.20. The van der Waals surface area contributed by atoms with E-state index in [1.54, 1.807) is 30.3 Å². The van der Waals surface area contributed by atoms with Gasteiger partial charge in [0.15, 0.2) is 0 Å². The second kappa shape index (κ2) is 8.74. The zero-order valence-corrected chi connectivity index (χ0v) is 15.8. The van der Waals surface area contributed by atoms with Crippen molar-refractivity contribution in [2.24, 2.45) is 0 Å². The summed E-state index contributed by atoms with van der Waals surface area (Å²) in [4.78, 5) is 14.4. The van der Waals surface area contributed by atoms with E-state index in [1.807, 2.05) is 61.5 Å². The summed E-state index contributed by atoms with van der Waals surface area (Å²) >= 11 is 0. The van der Waals surface area contributed by atoms with Crippen LogP contribution in [-0.2, 0) is 6.61 Å². The largest absolute Gasteiger partial charge is 0.489 e. The summed E-state index contributed by atoms with van der Waals surface area (Å²) in [6.07, 6.45) is 0. The summed E-state index contributed by atoms with van der Waals surface area (Å²) in [6, 6.07) is 24.1. The quantitative estimate of drug-likeness (QED) is 0.695. The number of nitriles is 1. The molecule has 0 bridgehead atoms. The summed E-state index contributed by atoms with van der Waals surface area (Å²) in [6.45, 7) is 0.346. The molecule has 0 radical (unpaired) electrons. The van der Waals surface area contributed by atoms with Crippen molar-refractivity contribution in [3.05, 3.63) is 89.5 Å². The first-order valence-electron chi connectivity index (χ1n) is 8.86. The Labute approximate surface area is 164 Å². The highest BCUT2D eigenvalue weighted by Gasteiger charge is 2.07. The molecule has 0 spiro atoms. The average Bonchev–Trinajstić information content (AvgIpc) is 2.72. The molecule has 1 N–H and O–H groups in total. The number of carbonyl (C=O) groups is 1. The number of nitrogens with one attached hydrogen (secondary N) is 1. The summed E-state index contributed by atoms with van der Waals surface area (Å²) in [5, 5.41) is 11.9. The normalized spacial score (nSPS) is 10.0. The highest BCUT2D eigenvalue weighted by molar-refractivity contribution is 6.04. The van der Waals surface area contributed by atoms with Crippen LogP contribution >= 0.6 is 0 Å². The van der Waals surface area contributed by atoms with Crippen LogP contribution in [0.2, 0.25) is 0 Å². The van der Waals surface area contributed by atoms with Gasteiger partial charge in [0.25, 0.3) is 5.91 Å². The zero-order chi connectivity index (χ0) is 19.9. The number of benzene rings is 3. The van der Waals surface area contributed by atoms with Crippen LogP contribution in [0.15, 0.2) is 72.8 Å². The molecule has 0 atom stereocenters. The van der Waals surface area contributed by atoms with Crippen LogP contribution < -0.4 is 15.0 Å². The lowest BCUT2D eigenvalue weighted by atomic mass is 10.1. The lowest BCUT2D eigenvalue weighted by Gasteiger charge is -2.13. The minimum Gasteiger partial charge on any atom is -0.489 e.